The van der Waals surface area contributed by atoms with Gasteiger partial charge in [0, 0.05) is 45.3 Å². The Morgan fingerprint density at radius 1 is 1.41 bits per heavy atom. The van der Waals surface area contributed by atoms with Crippen molar-refractivity contribution in [2.75, 3.05) is 31.1 Å². The second-order valence-corrected chi connectivity index (χ2v) is 6.31. The molecule has 0 aromatic carbocycles. The molecule has 120 valence electrons. The molecule has 1 atom stereocenters. The van der Waals surface area contributed by atoms with Crippen molar-refractivity contribution in [3.8, 4) is 0 Å². The van der Waals surface area contributed by atoms with Gasteiger partial charge >= 0.3 is 6.03 Å². The van der Waals surface area contributed by atoms with Crippen LogP contribution in [0.15, 0.2) is 23.9 Å². The van der Waals surface area contributed by atoms with E-state index >= 15 is 0 Å². The smallest absolute Gasteiger partial charge is 0.317 e. The fourth-order valence-electron chi connectivity index (χ4n) is 3.33. The molecule has 3 rings (SSSR count). The summed E-state index contributed by atoms with van der Waals surface area (Å²) in [6, 6.07) is 2.31. The second kappa shape index (κ2) is 6.42. The molecule has 2 aliphatic rings. The van der Waals surface area contributed by atoms with Gasteiger partial charge in [0.25, 0.3) is 0 Å². The molecule has 22 heavy (non-hydrogen) atoms. The number of carbonyl (C=O) groups excluding carboxylic acids is 1. The Balaban J connectivity index is 1.57. The lowest BCUT2D eigenvalue weighted by atomic mass is 10.1. The lowest BCUT2D eigenvalue weighted by molar-refractivity contribution is 0.195. The molecule has 0 bridgehead atoms. The third kappa shape index (κ3) is 3.26. The number of anilines is 1. The molecule has 1 aromatic heterocycles. The van der Waals surface area contributed by atoms with E-state index in [2.05, 4.69) is 28.3 Å². The Morgan fingerprint density at radius 3 is 3.00 bits per heavy atom. The van der Waals surface area contributed by atoms with Crippen LogP contribution in [-0.4, -0.2) is 52.9 Å². The van der Waals surface area contributed by atoms with Crippen LogP contribution >= 0.6 is 0 Å². The minimum Gasteiger partial charge on any atom is -0.355 e. The molecule has 1 aromatic rings. The molecule has 6 nitrogen and oxygen atoms in total. The SMILES string of the molecule is CC1=CCCN(C(=O)NC2CCCN(c3ccnn3C)C2)C1. The van der Waals surface area contributed by atoms with Crippen molar-refractivity contribution >= 4 is 11.8 Å². The number of urea groups is 1. The van der Waals surface area contributed by atoms with Crippen LogP contribution in [0.3, 0.4) is 0 Å². The van der Waals surface area contributed by atoms with Gasteiger partial charge in [-0.3, -0.25) is 4.68 Å². The van der Waals surface area contributed by atoms with Crippen molar-refractivity contribution in [1.29, 1.82) is 0 Å². The van der Waals surface area contributed by atoms with Gasteiger partial charge in [-0.25, -0.2) is 4.79 Å². The van der Waals surface area contributed by atoms with Gasteiger partial charge in [-0.2, -0.15) is 5.10 Å². The van der Waals surface area contributed by atoms with E-state index in [1.165, 1.54) is 5.57 Å². The number of piperidine rings is 1. The third-order valence-corrected chi connectivity index (χ3v) is 4.49. The van der Waals surface area contributed by atoms with E-state index < -0.39 is 0 Å². The third-order valence-electron chi connectivity index (χ3n) is 4.49. The number of hydrogen-bond donors (Lipinski definition) is 1. The molecule has 1 fully saturated rings. The van der Waals surface area contributed by atoms with Gasteiger partial charge < -0.3 is 15.1 Å². The fourth-order valence-corrected chi connectivity index (χ4v) is 3.33. The lowest BCUT2D eigenvalue weighted by Gasteiger charge is -2.36. The van der Waals surface area contributed by atoms with Crippen LogP contribution in [-0.2, 0) is 7.05 Å². The molecule has 0 saturated carbocycles. The van der Waals surface area contributed by atoms with E-state index in [0.717, 1.165) is 51.3 Å². The van der Waals surface area contributed by atoms with Gasteiger partial charge in [-0.05, 0) is 26.2 Å². The molecule has 3 heterocycles. The molecule has 0 aliphatic carbocycles. The maximum absolute atomic E-state index is 12.4. The highest BCUT2D eigenvalue weighted by Crippen LogP contribution is 2.19. The minimum absolute atomic E-state index is 0.0734. The summed E-state index contributed by atoms with van der Waals surface area (Å²) in [6.07, 6.45) is 7.14. The highest BCUT2D eigenvalue weighted by Gasteiger charge is 2.25. The molecule has 2 aliphatic heterocycles. The zero-order chi connectivity index (χ0) is 15.5. The number of rotatable bonds is 2. The minimum atomic E-state index is 0.0734. The summed E-state index contributed by atoms with van der Waals surface area (Å²) < 4.78 is 1.89. The summed E-state index contributed by atoms with van der Waals surface area (Å²) in [6.45, 7) is 5.54. The Labute approximate surface area is 131 Å². The Kier molecular flexibility index (Phi) is 4.36. The molecule has 2 amide bonds. The largest absolute Gasteiger partial charge is 0.355 e. The molecule has 1 N–H and O–H groups in total. The highest BCUT2D eigenvalue weighted by molar-refractivity contribution is 5.75. The van der Waals surface area contributed by atoms with Gasteiger partial charge in [0.15, 0.2) is 0 Å². The molecular weight excluding hydrogens is 278 g/mol. The molecule has 0 spiro atoms. The van der Waals surface area contributed by atoms with Gasteiger partial charge in [0.1, 0.15) is 5.82 Å². The highest BCUT2D eigenvalue weighted by atomic mass is 16.2. The van der Waals surface area contributed by atoms with Gasteiger partial charge in [-0.15, -0.1) is 0 Å². The van der Waals surface area contributed by atoms with Crippen LogP contribution in [0.2, 0.25) is 0 Å². The summed E-state index contributed by atoms with van der Waals surface area (Å²) >= 11 is 0. The van der Waals surface area contributed by atoms with Crippen molar-refractivity contribution in [1.82, 2.24) is 20.0 Å². The average molecular weight is 303 g/mol. The maximum Gasteiger partial charge on any atom is 0.317 e. The van der Waals surface area contributed by atoms with E-state index in [1.807, 2.05) is 28.9 Å². The predicted molar refractivity (Wildman–Crippen MR) is 86.9 cm³/mol. The first-order chi connectivity index (χ1) is 10.6. The predicted octanol–water partition coefficient (Wildman–Crippen LogP) is 1.75. The van der Waals surface area contributed by atoms with Crippen molar-refractivity contribution < 1.29 is 4.79 Å². The normalized spacial score (nSPS) is 22.5. The molecular formula is C16H25N5O. The van der Waals surface area contributed by atoms with E-state index in [0.29, 0.717) is 0 Å². The zero-order valence-electron chi connectivity index (χ0n) is 13.5. The van der Waals surface area contributed by atoms with E-state index in [4.69, 9.17) is 0 Å². The standard InChI is InChI=1S/C16H25N5O/c1-13-5-3-10-21(11-13)16(22)18-14-6-4-9-20(12-14)15-7-8-17-19(15)2/h5,7-8,14H,3-4,6,9-12H2,1-2H3,(H,18,22). The number of carbonyl (C=O) groups is 1. The second-order valence-electron chi connectivity index (χ2n) is 6.31. The van der Waals surface area contributed by atoms with E-state index in [1.54, 1.807) is 0 Å². The van der Waals surface area contributed by atoms with Crippen LogP contribution in [0.1, 0.15) is 26.2 Å². The summed E-state index contributed by atoms with van der Waals surface area (Å²) in [5, 5.41) is 7.44. The maximum atomic E-state index is 12.4. The topological polar surface area (TPSA) is 53.4 Å². The van der Waals surface area contributed by atoms with Crippen molar-refractivity contribution in [2.24, 2.45) is 7.05 Å². The summed E-state index contributed by atoms with van der Waals surface area (Å²) in [7, 11) is 1.96. The first-order valence-corrected chi connectivity index (χ1v) is 8.07. The van der Waals surface area contributed by atoms with Crippen LogP contribution in [0.4, 0.5) is 10.6 Å². The number of hydrogen-bond acceptors (Lipinski definition) is 3. The Hall–Kier alpha value is -1.98. The molecule has 0 radical (unpaired) electrons. The van der Waals surface area contributed by atoms with Gasteiger partial charge in [0.2, 0.25) is 0 Å². The number of aromatic nitrogens is 2. The fraction of sp³-hybridized carbons (Fsp3) is 0.625. The summed E-state index contributed by atoms with van der Waals surface area (Å²) in [4.78, 5) is 16.6. The van der Waals surface area contributed by atoms with Crippen molar-refractivity contribution in [3.05, 3.63) is 23.9 Å². The van der Waals surface area contributed by atoms with E-state index in [-0.39, 0.29) is 12.1 Å². The Bertz CT molecular complexity index is 565. The monoisotopic (exact) mass is 303 g/mol. The average Bonchev–Trinajstić information content (AvgIpc) is 2.94. The van der Waals surface area contributed by atoms with Crippen molar-refractivity contribution in [2.45, 2.75) is 32.2 Å². The quantitative estimate of drug-likeness (QED) is 0.847. The zero-order valence-corrected chi connectivity index (χ0v) is 13.5. The number of amides is 2. The number of nitrogens with one attached hydrogen (secondary N) is 1. The summed E-state index contributed by atoms with van der Waals surface area (Å²) in [5.41, 5.74) is 1.28. The van der Waals surface area contributed by atoms with Crippen LogP contribution < -0.4 is 10.2 Å². The van der Waals surface area contributed by atoms with Crippen molar-refractivity contribution in [3.63, 3.8) is 0 Å². The van der Waals surface area contributed by atoms with Crippen LogP contribution in [0.25, 0.3) is 0 Å². The first-order valence-electron chi connectivity index (χ1n) is 8.07. The Morgan fingerprint density at radius 2 is 2.27 bits per heavy atom. The lowest BCUT2D eigenvalue weighted by Crippen LogP contribution is -2.52. The summed E-state index contributed by atoms with van der Waals surface area (Å²) in [5.74, 6) is 1.12. The first kappa shape index (κ1) is 14.9. The number of aryl methyl sites for hydroxylation is 1. The van der Waals surface area contributed by atoms with E-state index in [9.17, 15) is 4.79 Å². The molecule has 1 unspecified atom stereocenters. The molecule has 1 saturated heterocycles. The van der Waals surface area contributed by atoms with Crippen LogP contribution in [0, 0.1) is 0 Å². The molecule has 6 heteroatoms. The van der Waals surface area contributed by atoms with Gasteiger partial charge in [-0.1, -0.05) is 11.6 Å². The van der Waals surface area contributed by atoms with Crippen LogP contribution in [0.5, 0.6) is 0 Å². The van der Waals surface area contributed by atoms with Gasteiger partial charge in [0.05, 0.1) is 6.20 Å². The number of nitrogens with zero attached hydrogens (tertiary/aromatic N) is 4.